The molecule has 17 heavy (non-hydrogen) atoms. The maximum Gasteiger partial charge on any atom is 0.107 e. The van der Waals surface area contributed by atoms with Gasteiger partial charge in [0.15, 0.2) is 0 Å². The molecule has 1 aliphatic rings. The second-order valence-electron chi connectivity index (χ2n) is 5.48. The highest BCUT2D eigenvalue weighted by Gasteiger charge is 2.29. The summed E-state index contributed by atoms with van der Waals surface area (Å²) in [6, 6.07) is 0. The lowest BCUT2D eigenvalue weighted by molar-refractivity contribution is 0.203. The Kier molecular flexibility index (Phi) is 4.17. The lowest BCUT2D eigenvalue weighted by Crippen LogP contribution is -2.34. The van der Waals surface area contributed by atoms with Crippen LogP contribution in [0, 0.1) is 5.41 Å². The fraction of sp³-hybridized carbons (Fsp3) is 0.769. The maximum atomic E-state index is 4.49. The molecule has 2 heterocycles. The Morgan fingerprint density at radius 1 is 1.59 bits per heavy atom. The van der Waals surface area contributed by atoms with E-state index in [0.717, 1.165) is 26.1 Å². The van der Waals surface area contributed by atoms with Crippen LogP contribution in [0.2, 0.25) is 0 Å². The minimum Gasteiger partial charge on any atom is -0.316 e. The Morgan fingerprint density at radius 3 is 3.00 bits per heavy atom. The predicted molar refractivity (Wildman–Crippen MR) is 73.4 cm³/mol. The summed E-state index contributed by atoms with van der Waals surface area (Å²) >= 11 is 1.85. The van der Waals surface area contributed by atoms with E-state index in [1.807, 2.05) is 17.5 Å². The third kappa shape index (κ3) is 3.50. The van der Waals surface area contributed by atoms with E-state index < -0.39 is 0 Å². The molecule has 2 rings (SSSR count). The van der Waals surface area contributed by atoms with E-state index in [9.17, 15) is 0 Å². The van der Waals surface area contributed by atoms with Crippen LogP contribution in [0.3, 0.4) is 0 Å². The molecule has 0 spiro atoms. The van der Waals surface area contributed by atoms with Crippen molar-refractivity contribution in [1.82, 2.24) is 15.2 Å². The molecule has 4 heteroatoms. The molecule has 1 aliphatic heterocycles. The van der Waals surface area contributed by atoms with Gasteiger partial charge in [-0.2, -0.15) is 0 Å². The van der Waals surface area contributed by atoms with E-state index in [1.165, 1.54) is 22.9 Å². The molecule has 1 fully saturated rings. The van der Waals surface area contributed by atoms with Gasteiger partial charge in [-0.15, -0.1) is 11.3 Å². The zero-order valence-corrected chi connectivity index (χ0v) is 11.9. The van der Waals surface area contributed by atoms with Crippen molar-refractivity contribution in [2.45, 2.75) is 33.2 Å². The van der Waals surface area contributed by atoms with Crippen molar-refractivity contribution in [3.05, 3.63) is 16.1 Å². The van der Waals surface area contributed by atoms with Crippen molar-refractivity contribution < 1.29 is 0 Å². The van der Waals surface area contributed by atoms with Gasteiger partial charge in [-0.1, -0.05) is 13.8 Å². The van der Waals surface area contributed by atoms with Gasteiger partial charge in [0, 0.05) is 24.2 Å². The molecule has 1 aromatic rings. The summed E-state index contributed by atoms with van der Waals surface area (Å²) in [6.45, 7) is 9.02. The van der Waals surface area contributed by atoms with Crippen molar-refractivity contribution in [3.63, 3.8) is 0 Å². The molecule has 3 nitrogen and oxygen atoms in total. The van der Waals surface area contributed by atoms with Crippen LogP contribution >= 0.6 is 11.3 Å². The summed E-state index contributed by atoms with van der Waals surface area (Å²) in [6.07, 6.45) is 4.41. The molecule has 0 aromatic carbocycles. The first-order valence-electron chi connectivity index (χ1n) is 6.44. The minimum absolute atomic E-state index is 0.444. The average molecular weight is 253 g/mol. The van der Waals surface area contributed by atoms with Crippen molar-refractivity contribution in [2.75, 3.05) is 26.7 Å². The van der Waals surface area contributed by atoms with E-state index in [1.54, 1.807) is 0 Å². The number of aryl methyl sites for hydroxylation is 1. The minimum atomic E-state index is 0.444. The fourth-order valence-electron chi connectivity index (χ4n) is 2.53. The molecule has 0 saturated carbocycles. The highest BCUT2D eigenvalue weighted by molar-refractivity contribution is 7.11. The van der Waals surface area contributed by atoms with Gasteiger partial charge in [-0.3, -0.25) is 4.90 Å². The second-order valence-corrected chi connectivity index (χ2v) is 6.68. The van der Waals surface area contributed by atoms with Crippen LogP contribution in [0.4, 0.5) is 0 Å². The highest BCUT2D eigenvalue weighted by atomic mass is 32.1. The van der Waals surface area contributed by atoms with E-state index in [-0.39, 0.29) is 0 Å². The number of hydrogen-bond acceptors (Lipinski definition) is 4. The van der Waals surface area contributed by atoms with Crippen LogP contribution in [0.1, 0.15) is 30.2 Å². The lowest BCUT2D eigenvalue weighted by atomic mass is 9.89. The van der Waals surface area contributed by atoms with Gasteiger partial charge in [0.25, 0.3) is 0 Å². The zero-order chi connectivity index (χ0) is 12.3. The van der Waals surface area contributed by atoms with E-state index in [2.05, 4.69) is 36.1 Å². The summed E-state index contributed by atoms with van der Waals surface area (Å²) in [4.78, 5) is 8.28. The molecule has 0 bridgehead atoms. The van der Waals surface area contributed by atoms with E-state index in [0.29, 0.717) is 5.41 Å². The van der Waals surface area contributed by atoms with Gasteiger partial charge in [0.05, 0.1) is 6.54 Å². The van der Waals surface area contributed by atoms with Crippen molar-refractivity contribution >= 4 is 11.3 Å². The van der Waals surface area contributed by atoms with Crippen LogP contribution in [-0.2, 0) is 13.0 Å². The van der Waals surface area contributed by atoms with Gasteiger partial charge >= 0.3 is 0 Å². The third-order valence-electron chi connectivity index (χ3n) is 3.46. The SMILES string of the molecule is CCc1cnc(CN(C)CC2(C)CCNC2)s1. The Morgan fingerprint density at radius 2 is 2.41 bits per heavy atom. The van der Waals surface area contributed by atoms with E-state index in [4.69, 9.17) is 0 Å². The third-order valence-corrected chi connectivity index (χ3v) is 4.59. The van der Waals surface area contributed by atoms with Crippen molar-refractivity contribution in [2.24, 2.45) is 5.41 Å². The number of nitrogens with zero attached hydrogens (tertiary/aromatic N) is 2. The molecule has 1 unspecified atom stereocenters. The summed E-state index contributed by atoms with van der Waals surface area (Å²) in [7, 11) is 2.20. The first kappa shape index (κ1) is 13.0. The highest BCUT2D eigenvalue weighted by Crippen LogP contribution is 2.26. The summed E-state index contributed by atoms with van der Waals surface area (Å²) in [5.74, 6) is 0. The number of thiazole rings is 1. The van der Waals surface area contributed by atoms with Gasteiger partial charge in [0.2, 0.25) is 0 Å². The Balaban J connectivity index is 1.86. The molecule has 1 N–H and O–H groups in total. The quantitative estimate of drug-likeness (QED) is 0.871. The lowest BCUT2D eigenvalue weighted by Gasteiger charge is -2.28. The largest absolute Gasteiger partial charge is 0.316 e. The smallest absolute Gasteiger partial charge is 0.107 e. The van der Waals surface area contributed by atoms with Crippen LogP contribution in [-0.4, -0.2) is 36.6 Å². The Hall–Kier alpha value is -0.450. The molecule has 1 saturated heterocycles. The fourth-order valence-corrected chi connectivity index (χ4v) is 3.47. The van der Waals surface area contributed by atoms with Crippen LogP contribution in [0.15, 0.2) is 6.20 Å². The number of aromatic nitrogens is 1. The number of rotatable bonds is 5. The van der Waals surface area contributed by atoms with Crippen LogP contribution < -0.4 is 5.32 Å². The topological polar surface area (TPSA) is 28.2 Å². The first-order valence-corrected chi connectivity index (χ1v) is 7.26. The van der Waals surface area contributed by atoms with E-state index >= 15 is 0 Å². The number of hydrogen-bond donors (Lipinski definition) is 1. The standard InChI is InChI=1S/C13H23N3S/c1-4-11-7-15-12(17-11)8-16(3)10-13(2)5-6-14-9-13/h7,14H,4-6,8-10H2,1-3H3. The van der Waals surface area contributed by atoms with Gasteiger partial charge in [-0.05, 0) is 31.8 Å². The summed E-state index contributed by atoms with van der Waals surface area (Å²) in [5, 5.41) is 4.70. The molecule has 1 atom stereocenters. The number of nitrogens with one attached hydrogen (secondary N) is 1. The second kappa shape index (κ2) is 5.46. The Labute approximate surface area is 108 Å². The van der Waals surface area contributed by atoms with Crippen LogP contribution in [0.25, 0.3) is 0 Å². The normalized spacial score (nSPS) is 24.7. The zero-order valence-electron chi connectivity index (χ0n) is 11.1. The summed E-state index contributed by atoms with van der Waals surface area (Å²) in [5.41, 5.74) is 0.444. The monoisotopic (exact) mass is 253 g/mol. The van der Waals surface area contributed by atoms with Crippen molar-refractivity contribution in [1.29, 1.82) is 0 Å². The molecule has 1 aromatic heterocycles. The average Bonchev–Trinajstić information content (AvgIpc) is 2.87. The molecule has 0 radical (unpaired) electrons. The maximum absolute atomic E-state index is 4.49. The molecule has 0 amide bonds. The Bertz CT molecular complexity index is 355. The van der Waals surface area contributed by atoms with Gasteiger partial charge < -0.3 is 5.32 Å². The van der Waals surface area contributed by atoms with Crippen molar-refractivity contribution in [3.8, 4) is 0 Å². The van der Waals surface area contributed by atoms with Gasteiger partial charge in [-0.25, -0.2) is 4.98 Å². The predicted octanol–water partition coefficient (Wildman–Crippen LogP) is 2.14. The molecule has 0 aliphatic carbocycles. The molecular formula is C13H23N3S. The molecular weight excluding hydrogens is 230 g/mol. The summed E-state index contributed by atoms with van der Waals surface area (Å²) < 4.78 is 0. The van der Waals surface area contributed by atoms with Crippen LogP contribution in [0.5, 0.6) is 0 Å². The first-order chi connectivity index (χ1) is 8.11. The molecule has 96 valence electrons. The van der Waals surface area contributed by atoms with Gasteiger partial charge in [0.1, 0.15) is 5.01 Å².